The molecule has 0 saturated heterocycles. The maximum atomic E-state index is 11.9. The van der Waals surface area contributed by atoms with Gasteiger partial charge in [0.2, 0.25) is 0 Å². The molecule has 0 aliphatic carbocycles. The van der Waals surface area contributed by atoms with Gasteiger partial charge in [-0.05, 0) is 5.92 Å². The van der Waals surface area contributed by atoms with Crippen molar-refractivity contribution >= 4 is 16.0 Å². The molecule has 1 rings (SSSR count). The molecule has 0 amide bonds. The first-order chi connectivity index (χ1) is 8.09. The average Bonchev–Trinajstić information content (AvgIpc) is 2.62. The first-order valence-corrected chi connectivity index (χ1v) is 6.47. The van der Waals surface area contributed by atoms with E-state index in [1.54, 1.807) is 0 Å². The smallest absolute Gasteiger partial charge is 0.280 e. The summed E-state index contributed by atoms with van der Waals surface area (Å²) in [5, 5.41) is 6.20. The minimum atomic E-state index is -4.61. The lowest BCUT2D eigenvalue weighted by Gasteiger charge is -2.09. The van der Waals surface area contributed by atoms with Crippen molar-refractivity contribution < 1.29 is 21.6 Å². The van der Waals surface area contributed by atoms with E-state index in [4.69, 9.17) is 0 Å². The summed E-state index contributed by atoms with van der Waals surface area (Å²) in [6, 6.07) is 1.41. The molecule has 10 heteroatoms. The molecule has 104 valence electrons. The predicted octanol–water partition coefficient (Wildman–Crippen LogP) is 1.34. The SMILES string of the molecule is CC(C)c1cc(NS(=O)(=O)NCC(F)(F)F)n[nH]1. The van der Waals surface area contributed by atoms with Crippen LogP contribution in [0.4, 0.5) is 19.0 Å². The predicted molar refractivity (Wildman–Crippen MR) is 59.3 cm³/mol. The van der Waals surface area contributed by atoms with Crippen LogP contribution in [0.5, 0.6) is 0 Å². The molecule has 0 unspecified atom stereocenters. The standard InChI is InChI=1S/C8H13F3N4O2S/c1-5(2)6-3-7(14-13-6)15-18(16,17)12-4-8(9,10)11/h3,5,12H,4H2,1-2H3,(H2,13,14,15). The molecule has 0 radical (unpaired) electrons. The van der Waals surface area contributed by atoms with E-state index in [1.165, 1.54) is 10.8 Å². The fourth-order valence-corrected chi connectivity index (χ4v) is 1.84. The molecule has 0 bridgehead atoms. The largest absolute Gasteiger partial charge is 0.402 e. The Morgan fingerprint density at radius 2 is 2.06 bits per heavy atom. The summed E-state index contributed by atoms with van der Waals surface area (Å²) in [4.78, 5) is 0. The number of H-pyrrole nitrogens is 1. The van der Waals surface area contributed by atoms with E-state index < -0.39 is 22.9 Å². The molecular weight excluding hydrogens is 273 g/mol. The topological polar surface area (TPSA) is 86.9 Å². The number of alkyl halides is 3. The molecule has 1 aromatic heterocycles. The first-order valence-electron chi connectivity index (χ1n) is 4.98. The van der Waals surface area contributed by atoms with Crippen LogP contribution in [-0.2, 0) is 10.2 Å². The van der Waals surface area contributed by atoms with E-state index in [-0.39, 0.29) is 11.7 Å². The molecule has 18 heavy (non-hydrogen) atoms. The maximum Gasteiger partial charge on any atom is 0.402 e. The molecular formula is C8H13F3N4O2S. The highest BCUT2D eigenvalue weighted by atomic mass is 32.2. The number of nitrogens with zero attached hydrogens (tertiary/aromatic N) is 1. The third kappa shape index (κ3) is 4.92. The number of rotatable bonds is 5. The van der Waals surface area contributed by atoms with Gasteiger partial charge in [-0.15, -0.1) is 0 Å². The molecule has 0 aliphatic rings. The van der Waals surface area contributed by atoms with E-state index in [2.05, 4.69) is 10.2 Å². The third-order valence-corrected chi connectivity index (χ3v) is 2.92. The molecule has 0 spiro atoms. The lowest BCUT2D eigenvalue weighted by molar-refractivity contribution is -0.121. The summed E-state index contributed by atoms with van der Waals surface area (Å²) >= 11 is 0. The molecule has 0 fully saturated rings. The van der Waals surface area contributed by atoms with Crippen molar-refractivity contribution in [2.24, 2.45) is 0 Å². The highest BCUT2D eigenvalue weighted by Gasteiger charge is 2.29. The van der Waals surface area contributed by atoms with Gasteiger partial charge in [-0.2, -0.15) is 31.4 Å². The van der Waals surface area contributed by atoms with E-state index >= 15 is 0 Å². The lowest BCUT2D eigenvalue weighted by Crippen LogP contribution is -2.37. The summed E-state index contributed by atoms with van der Waals surface area (Å²) in [6.07, 6.45) is -4.61. The minimum Gasteiger partial charge on any atom is -0.280 e. The van der Waals surface area contributed by atoms with Crippen LogP contribution in [0.25, 0.3) is 0 Å². The van der Waals surface area contributed by atoms with Crippen molar-refractivity contribution in [3.63, 3.8) is 0 Å². The number of nitrogens with one attached hydrogen (secondary N) is 3. The monoisotopic (exact) mass is 286 g/mol. The molecule has 0 aliphatic heterocycles. The third-order valence-electron chi connectivity index (χ3n) is 1.92. The van der Waals surface area contributed by atoms with E-state index in [9.17, 15) is 21.6 Å². The summed E-state index contributed by atoms with van der Waals surface area (Å²) in [6.45, 7) is 2.07. The van der Waals surface area contributed by atoms with Crippen molar-refractivity contribution in [1.29, 1.82) is 0 Å². The Morgan fingerprint density at radius 3 is 2.50 bits per heavy atom. The summed E-state index contributed by atoms with van der Waals surface area (Å²) in [5.41, 5.74) is 0.670. The molecule has 6 nitrogen and oxygen atoms in total. The second-order valence-electron chi connectivity index (χ2n) is 3.91. The van der Waals surface area contributed by atoms with Crippen LogP contribution in [0.3, 0.4) is 0 Å². The Bertz CT molecular complexity index is 495. The molecule has 0 aromatic carbocycles. The van der Waals surface area contributed by atoms with Crippen molar-refractivity contribution in [3.8, 4) is 0 Å². The van der Waals surface area contributed by atoms with Gasteiger partial charge in [0.1, 0.15) is 6.54 Å². The van der Waals surface area contributed by atoms with Gasteiger partial charge in [0.05, 0.1) is 0 Å². The van der Waals surface area contributed by atoms with Gasteiger partial charge in [0.15, 0.2) is 5.82 Å². The zero-order valence-electron chi connectivity index (χ0n) is 9.67. The molecule has 0 saturated carbocycles. The van der Waals surface area contributed by atoms with Crippen LogP contribution in [-0.4, -0.2) is 31.3 Å². The van der Waals surface area contributed by atoms with Crippen LogP contribution < -0.4 is 9.44 Å². The van der Waals surface area contributed by atoms with E-state index in [0.29, 0.717) is 5.69 Å². The van der Waals surface area contributed by atoms with Gasteiger partial charge < -0.3 is 0 Å². The van der Waals surface area contributed by atoms with E-state index in [0.717, 1.165) is 0 Å². The van der Waals surface area contributed by atoms with Crippen molar-refractivity contribution in [1.82, 2.24) is 14.9 Å². The van der Waals surface area contributed by atoms with Crippen LogP contribution in [0.15, 0.2) is 6.07 Å². The van der Waals surface area contributed by atoms with Gasteiger partial charge in [-0.1, -0.05) is 13.8 Å². The Hall–Kier alpha value is -1.29. The number of halogens is 3. The van der Waals surface area contributed by atoms with Crippen molar-refractivity contribution in [2.45, 2.75) is 25.9 Å². The highest BCUT2D eigenvalue weighted by Crippen LogP contribution is 2.16. The number of anilines is 1. The number of hydrogen-bond acceptors (Lipinski definition) is 3. The van der Waals surface area contributed by atoms with Crippen molar-refractivity contribution in [3.05, 3.63) is 11.8 Å². The van der Waals surface area contributed by atoms with Crippen LogP contribution in [0.2, 0.25) is 0 Å². The Morgan fingerprint density at radius 1 is 1.44 bits per heavy atom. The first kappa shape index (κ1) is 14.8. The summed E-state index contributed by atoms with van der Waals surface area (Å²) in [7, 11) is -4.28. The van der Waals surface area contributed by atoms with Gasteiger partial charge in [-0.25, -0.2) is 0 Å². The van der Waals surface area contributed by atoms with Crippen LogP contribution in [0.1, 0.15) is 25.5 Å². The second-order valence-corrected chi connectivity index (χ2v) is 5.40. The van der Waals surface area contributed by atoms with Crippen LogP contribution >= 0.6 is 0 Å². The normalized spacial score (nSPS) is 13.0. The number of aromatic amines is 1. The quantitative estimate of drug-likeness (QED) is 0.763. The Labute approximate surface area is 102 Å². The molecule has 1 heterocycles. The minimum absolute atomic E-state index is 0.0617. The maximum absolute atomic E-state index is 11.9. The second kappa shape index (κ2) is 5.14. The molecule has 1 aromatic rings. The zero-order valence-corrected chi connectivity index (χ0v) is 10.5. The summed E-state index contributed by atoms with van der Waals surface area (Å²) < 4.78 is 61.3. The summed E-state index contributed by atoms with van der Waals surface area (Å²) in [5.74, 6) is 0.0345. The fraction of sp³-hybridized carbons (Fsp3) is 0.625. The molecule has 0 atom stereocenters. The fourth-order valence-electron chi connectivity index (χ4n) is 1.04. The Balaban J connectivity index is 2.65. The lowest BCUT2D eigenvalue weighted by atomic mass is 10.1. The van der Waals surface area contributed by atoms with Crippen LogP contribution in [0, 0.1) is 0 Å². The van der Waals surface area contributed by atoms with E-state index in [1.807, 2.05) is 18.6 Å². The van der Waals surface area contributed by atoms with Crippen molar-refractivity contribution in [2.75, 3.05) is 11.3 Å². The van der Waals surface area contributed by atoms with Gasteiger partial charge in [0.25, 0.3) is 0 Å². The van der Waals surface area contributed by atoms with Gasteiger partial charge in [0, 0.05) is 11.8 Å². The Kier molecular flexibility index (Phi) is 4.22. The molecule has 3 N–H and O–H groups in total. The number of hydrogen-bond donors (Lipinski definition) is 3. The van der Waals surface area contributed by atoms with Gasteiger partial charge in [-0.3, -0.25) is 9.82 Å². The van der Waals surface area contributed by atoms with Gasteiger partial charge >= 0.3 is 16.4 Å². The zero-order chi connectivity index (χ0) is 14.0. The average molecular weight is 286 g/mol. The number of aromatic nitrogens is 2. The highest BCUT2D eigenvalue weighted by molar-refractivity contribution is 7.90.